The molecule has 21 heavy (non-hydrogen) atoms. The first-order chi connectivity index (χ1) is 10.1. The Labute approximate surface area is 124 Å². The van der Waals surface area contributed by atoms with Crippen molar-refractivity contribution < 1.29 is 9.13 Å². The van der Waals surface area contributed by atoms with Gasteiger partial charge in [0.15, 0.2) is 11.6 Å². The largest absolute Gasteiger partial charge is 0.491 e. The molecule has 0 unspecified atom stereocenters. The van der Waals surface area contributed by atoms with Crippen LogP contribution in [0, 0.1) is 5.82 Å². The van der Waals surface area contributed by atoms with Gasteiger partial charge in [-0.3, -0.25) is 0 Å². The van der Waals surface area contributed by atoms with Gasteiger partial charge in [0, 0.05) is 6.54 Å². The average molecular weight is 289 g/mol. The van der Waals surface area contributed by atoms with Crippen molar-refractivity contribution in [3.05, 3.63) is 47.7 Å². The fourth-order valence-corrected chi connectivity index (χ4v) is 1.92. The van der Waals surface area contributed by atoms with Crippen LogP contribution in [0.25, 0.3) is 0 Å². The van der Waals surface area contributed by atoms with Gasteiger partial charge in [0.2, 0.25) is 0 Å². The highest BCUT2D eigenvalue weighted by atomic mass is 19.1. The molecule has 5 heteroatoms. The second-order valence-corrected chi connectivity index (χ2v) is 5.00. The van der Waals surface area contributed by atoms with Crippen molar-refractivity contribution in [3.8, 4) is 5.75 Å². The Morgan fingerprint density at radius 1 is 1.19 bits per heavy atom. The van der Waals surface area contributed by atoms with Crippen LogP contribution in [0.4, 0.5) is 10.2 Å². The van der Waals surface area contributed by atoms with Gasteiger partial charge in [0.25, 0.3) is 0 Å². The van der Waals surface area contributed by atoms with Crippen LogP contribution in [0.2, 0.25) is 0 Å². The van der Waals surface area contributed by atoms with Gasteiger partial charge < -0.3 is 10.1 Å². The minimum absolute atomic E-state index is 0.150. The Morgan fingerprint density at radius 2 is 1.90 bits per heavy atom. The Kier molecular flexibility index (Phi) is 5.09. The monoisotopic (exact) mass is 289 g/mol. The van der Waals surface area contributed by atoms with Crippen LogP contribution in [0.5, 0.6) is 5.75 Å². The Bertz CT molecular complexity index is 585. The lowest BCUT2D eigenvalue weighted by atomic mass is 10.2. The van der Waals surface area contributed by atoms with Crippen LogP contribution in [-0.2, 0) is 13.0 Å². The zero-order chi connectivity index (χ0) is 15.2. The second kappa shape index (κ2) is 7.02. The normalized spacial score (nSPS) is 10.7. The number of aromatic nitrogens is 2. The Balaban J connectivity index is 2.00. The number of nitrogens with one attached hydrogen (secondary N) is 1. The number of anilines is 1. The molecule has 0 aliphatic heterocycles. The predicted molar refractivity (Wildman–Crippen MR) is 80.9 cm³/mol. The van der Waals surface area contributed by atoms with E-state index in [0.29, 0.717) is 18.7 Å². The standard InChI is InChI=1S/C16H20FN3O/c1-4-14-15(17)16(20-10-19-14)18-9-12-5-7-13(8-6-12)21-11(2)3/h5-8,10-11H,4,9H2,1-3H3,(H,18,19,20). The fourth-order valence-electron chi connectivity index (χ4n) is 1.92. The van der Waals surface area contributed by atoms with E-state index in [0.717, 1.165) is 11.3 Å². The molecule has 4 nitrogen and oxygen atoms in total. The van der Waals surface area contributed by atoms with E-state index in [4.69, 9.17) is 4.74 Å². The van der Waals surface area contributed by atoms with Crippen LogP contribution in [-0.4, -0.2) is 16.1 Å². The molecule has 0 saturated carbocycles. The average Bonchev–Trinajstić information content (AvgIpc) is 2.47. The maximum absolute atomic E-state index is 14.0. The third kappa shape index (κ3) is 4.15. The Hall–Kier alpha value is -2.17. The molecule has 1 aromatic heterocycles. The third-order valence-electron chi connectivity index (χ3n) is 2.95. The number of hydrogen-bond donors (Lipinski definition) is 1. The maximum atomic E-state index is 14.0. The van der Waals surface area contributed by atoms with Crippen molar-refractivity contribution in [1.82, 2.24) is 9.97 Å². The van der Waals surface area contributed by atoms with Crippen LogP contribution >= 0.6 is 0 Å². The van der Waals surface area contributed by atoms with E-state index in [-0.39, 0.29) is 17.7 Å². The zero-order valence-corrected chi connectivity index (χ0v) is 12.6. The topological polar surface area (TPSA) is 47.0 Å². The van der Waals surface area contributed by atoms with E-state index in [2.05, 4.69) is 15.3 Å². The SMILES string of the molecule is CCc1ncnc(NCc2ccc(OC(C)C)cc2)c1F. The summed E-state index contributed by atoms with van der Waals surface area (Å²) in [6.45, 7) is 6.33. The van der Waals surface area contributed by atoms with Gasteiger partial charge in [-0.05, 0) is 38.0 Å². The fraction of sp³-hybridized carbons (Fsp3) is 0.375. The number of benzene rings is 1. The molecule has 0 spiro atoms. The third-order valence-corrected chi connectivity index (χ3v) is 2.95. The van der Waals surface area contributed by atoms with Crippen LogP contribution in [0.15, 0.2) is 30.6 Å². The first-order valence-corrected chi connectivity index (χ1v) is 7.09. The second-order valence-electron chi connectivity index (χ2n) is 5.00. The molecule has 0 fully saturated rings. The maximum Gasteiger partial charge on any atom is 0.186 e. The lowest BCUT2D eigenvalue weighted by Gasteiger charge is -2.11. The summed E-state index contributed by atoms with van der Waals surface area (Å²) < 4.78 is 19.6. The summed E-state index contributed by atoms with van der Waals surface area (Å²) in [5.41, 5.74) is 1.45. The molecule has 0 amide bonds. The summed E-state index contributed by atoms with van der Waals surface area (Å²) in [4.78, 5) is 7.85. The summed E-state index contributed by atoms with van der Waals surface area (Å²) in [6, 6.07) is 7.71. The first-order valence-electron chi connectivity index (χ1n) is 7.09. The highest BCUT2D eigenvalue weighted by Gasteiger charge is 2.09. The minimum atomic E-state index is -0.375. The molecule has 1 heterocycles. The van der Waals surface area contributed by atoms with Gasteiger partial charge in [0.05, 0.1) is 11.8 Å². The molecule has 0 aliphatic carbocycles. The molecule has 2 aromatic rings. The number of hydrogen-bond acceptors (Lipinski definition) is 4. The van der Waals surface area contributed by atoms with E-state index in [9.17, 15) is 4.39 Å². The molecular weight excluding hydrogens is 269 g/mol. The van der Waals surface area contributed by atoms with Crippen LogP contribution in [0.1, 0.15) is 32.0 Å². The zero-order valence-electron chi connectivity index (χ0n) is 12.6. The molecule has 0 atom stereocenters. The van der Waals surface area contributed by atoms with Gasteiger partial charge in [-0.2, -0.15) is 0 Å². The van der Waals surface area contributed by atoms with Crippen molar-refractivity contribution >= 4 is 5.82 Å². The number of aryl methyl sites for hydroxylation is 1. The first kappa shape index (κ1) is 15.2. The van der Waals surface area contributed by atoms with Crippen molar-refractivity contribution in [2.24, 2.45) is 0 Å². The van der Waals surface area contributed by atoms with E-state index >= 15 is 0 Å². The predicted octanol–water partition coefficient (Wildman–Crippen LogP) is 3.58. The van der Waals surface area contributed by atoms with Gasteiger partial charge in [0.1, 0.15) is 12.1 Å². The molecule has 0 bridgehead atoms. The molecule has 1 aromatic carbocycles. The molecule has 112 valence electrons. The lowest BCUT2D eigenvalue weighted by Crippen LogP contribution is -2.07. The van der Waals surface area contributed by atoms with Crippen LogP contribution < -0.4 is 10.1 Å². The van der Waals surface area contributed by atoms with Gasteiger partial charge in [-0.25, -0.2) is 14.4 Å². The summed E-state index contributed by atoms with van der Waals surface area (Å²) in [6.07, 6.45) is 2.07. The smallest absolute Gasteiger partial charge is 0.186 e. The van der Waals surface area contributed by atoms with Gasteiger partial charge >= 0.3 is 0 Å². The highest BCUT2D eigenvalue weighted by molar-refractivity contribution is 5.39. The van der Waals surface area contributed by atoms with Gasteiger partial charge in [-0.15, -0.1) is 0 Å². The van der Waals surface area contributed by atoms with E-state index in [1.807, 2.05) is 45.0 Å². The molecular formula is C16H20FN3O. The number of halogens is 1. The van der Waals surface area contributed by atoms with E-state index in [1.54, 1.807) is 0 Å². The molecule has 0 aliphatic rings. The highest BCUT2D eigenvalue weighted by Crippen LogP contribution is 2.17. The van der Waals surface area contributed by atoms with Gasteiger partial charge in [-0.1, -0.05) is 19.1 Å². The summed E-state index contributed by atoms with van der Waals surface area (Å²) >= 11 is 0. The van der Waals surface area contributed by atoms with Crippen molar-refractivity contribution in [3.63, 3.8) is 0 Å². The number of nitrogens with zero attached hydrogens (tertiary/aromatic N) is 2. The number of ether oxygens (including phenoxy) is 1. The summed E-state index contributed by atoms with van der Waals surface area (Å²) in [5.74, 6) is 0.694. The van der Waals surface area contributed by atoms with E-state index < -0.39 is 0 Å². The number of rotatable bonds is 6. The minimum Gasteiger partial charge on any atom is -0.491 e. The Morgan fingerprint density at radius 3 is 2.52 bits per heavy atom. The summed E-state index contributed by atoms with van der Waals surface area (Å²) in [5, 5.41) is 3.00. The van der Waals surface area contributed by atoms with Crippen molar-refractivity contribution in [2.45, 2.75) is 39.8 Å². The lowest BCUT2D eigenvalue weighted by molar-refractivity contribution is 0.242. The van der Waals surface area contributed by atoms with Crippen LogP contribution in [0.3, 0.4) is 0 Å². The van der Waals surface area contributed by atoms with E-state index in [1.165, 1.54) is 6.33 Å². The molecule has 0 saturated heterocycles. The van der Waals surface area contributed by atoms with Crippen molar-refractivity contribution in [2.75, 3.05) is 5.32 Å². The molecule has 1 N–H and O–H groups in total. The molecule has 0 radical (unpaired) electrons. The summed E-state index contributed by atoms with van der Waals surface area (Å²) in [7, 11) is 0. The van der Waals surface area contributed by atoms with Crippen molar-refractivity contribution in [1.29, 1.82) is 0 Å². The quantitative estimate of drug-likeness (QED) is 0.883. The molecule has 2 rings (SSSR count).